The molecule has 0 aromatic carbocycles. The Labute approximate surface area is 497 Å². The van der Waals surface area contributed by atoms with E-state index in [0.29, 0.717) is 12.8 Å². The lowest BCUT2D eigenvalue weighted by Crippen LogP contribution is -2.28. The number of aliphatic hydroxyl groups is 1. The van der Waals surface area contributed by atoms with E-state index >= 15 is 0 Å². The molecule has 0 saturated heterocycles. The predicted molar refractivity (Wildman–Crippen MR) is 352 cm³/mol. The lowest BCUT2D eigenvalue weighted by molar-refractivity contribution is -0.161. The molecule has 460 valence electrons. The van der Waals surface area contributed by atoms with Crippen LogP contribution >= 0.6 is 0 Å². The standard InChI is InChI=1S/C75H130O5/c1-3-5-7-9-11-13-15-17-19-21-23-25-27-29-30-31-32-33-34-35-36-37-38-39-40-41-42-43-44-46-47-49-51-53-55-57-59-61-63-65-67-69-74(77)79-72-73(71-76)80-75(78)70-68-66-64-62-60-58-56-54-52-50-48-45-28-26-24-22-20-18-16-14-12-10-8-6-4-2/h5-8,11-14,17-20,23-26,45,48,73,76H,3-4,9-10,15-16,21-22,27-44,46-47,49-72H2,1-2H3/b7-5-,8-6-,13-11-,14-12-,19-17-,20-18-,25-23-,26-24-,48-45-. The maximum atomic E-state index is 12.3. The van der Waals surface area contributed by atoms with Crippen LogP contribution in [0.4, 0.5) is 0 Å². The van der Waals surface area contributed by atoms with Crippen molar-refractivity contribution in [2.75, 3.05) is 13.2 Å². The van der Waals surface area contributed by atoms with E-state index in [1.807, 2.05) is 0 Å². The van der Waals surface area contributed by atoms with E-state index in [-0.39, 0.29) is 25.2 Å². The summed E-state index contributed by atoms with van der Waals surface area (Å²) < 4.78 is 10.7. The molecule has 0 rings (SSSR count). The van der Waals surface area contributed by atoms with Crippen molar-refractivity contribution in [3.63, 3.8) is 0 Å². The molecule has 0 fully saturated rings. The Bertz CT molecular complexity index is 1540. The molecule has 0 heterocycles. The van der Waals surface area contributed by atoms with Gasteiger partial charge in [0.05, 0.1) is 6.61 Å². The van der Waals surface area contributed by atoms with Crippen LogP contribution in [0.1, 0.15) is 335 Å². The van der Waals surface area contributed by atoms with Crippen molar-refractivity contribution in [1.29, 1.82) is 0 Å². The molecule has 0 aliphatic carbocycles. The molecule has 0 aliphatic heterocycles. The molecular formula is C75H130O5. The van der Waals surface area contributed by atoms with E-state index in [4.69, 9.17) is 9.47 Å². The summed E-state index contributed by atoms with van der Waals surface area (Å²) >= 11 is 0. The van der Waals surface area contributed by atoms with Gasteiger partial charge in [0.25, 0.3) is 0 Å². The molecule has 0 aliphatic rings. The first kappa shape index (κ1) is 76.6. The van der Waals surface area contributed by atoms with Crippen molar-refractivity contribution in [2.24, 2.45) is 0 Å². The maximum Gasteiger partial charge on any atom is 0.306 e. The fraction of sp³-hybridized carbons (Fsp3) is 0.733. The van der Waals surface area contributed by atoms with E-state index in [0.717, 1.165) is 96.3 Å². The molecular weight excluding hydrogens is 981 g/mol. The van der Waals surface area contributed by atoms with E-state index in [1.165, 1.54) is 212 Å². The number of carbonyl (C=O) groups excluding carboxylic acids is 2. The van der Waals surface area contributed by atoms with E-state index in [2.05, 4.69) is 123 Å². The van der Waals surface area contributed by atoms with Crippen LogP contribution in [0.3, 0.4) is 0 Å². The maximum absolute atomic E-state index is 12.3. The minimum Gasteiger partial charge on any atom is -0.462 e. The van der Waals surface area contributed by atoms with Crippen LogP contribution in [0.2, 0.25) is 0 Å². The molecule has 0 aromatic heterocycles. The number of ether oxygens (including phenoxy) is 2. The van der Waals surface area contributed by atoms with Gasteiger partial charge in [0.15, 0.2) is 6.10 Å². The van der Waals surface area contributed by atoms with Gasteiger partial charge in [-0.1, -0.05) is 335 Å². The van der Waals surface area contributed by atoms with Crippen LogP contribution in [-0.4, -0.2) is 36.4 Å². The quantitative estimate of drug-likeness (QED) is 0.0373. The summed E-state index contributed by atoms with van der Waals surface area (Å²) in [5, 5.41) is 9.69. The Hall–Kier alpha value is -3.44. The summed E-state index contributed by atoms with van der Waals surface area (Å²) in [5.74, 6) is -0.587. The molecule has 0 saturated carbocycles. The lowest BCUT2D eigenvalue weighted by Gasteiger charge is -2.15. The minimum absolute atomic E-state index is 0.0690. The molecule has 5 nitrogen and oxygen atoms in total. The summed E-state index contributed by atoms with van der Waals surface area (Å²) in [4.78, 5) is 24.6. The summed E-state index contributed by atoms with van der Waals surface area (Å²) in [6.45, 7) is 3.94. The van der Waals surface area contributed by atoms with Crippen molar-refractivity contribution in [3.05, 3.63) is 109 Å². The van der Waals surface area contributed by atoms with Gasteiger partial charge in [0.1, 0.15) is 6.61 Å². The molecule has 0 amide bonds. The van der Waals surface area contributed by atoms with Gasteiger partial charge in [-0.15, -0.1) is 0 Å². The van der Waals surface area contributed by atoms with Crippen LogP contribution < -0.4 is 0 Å². The highest BCUT2D eigenvalue weighted by Crippen LogP contribution is 2.18. The van der Waals surface area contributed by atoms with Crippen LogP contribution in [-0.2, 0) is 19.1 Å². The molecule has 0 aromatic rings. The van der Waals surface area contributed by atoms with Crippen molar-refractivity contribution >= 4 is 11.9 Å². The molecule has 80 heavy (non-hydrogen) atoms. The number of hydrogen-bond donors (Lipinski definition) is 1. The number of rotatable bonds is 63. The average Bonchev–Trinajstić information content (AvgIpc) is 3.46. The minimum atomic E-state index is -0.780. The van der Waals surface area contributed by atoms with Gasteiger partial charge in [-0.05, 0) is 96.3 Å². The number of aliphatic hydroxyl groups excluding tert-OH is 1. The van der Waals surface area contributed by atoms with Gasteiger partial charge in [0.2, 0.25) is 0 Å². The summed E-state index contributed by atoms with van der Waals surface area (Å²) in [6.07, 6.45) is 101. The lowest BCUT2D eigenvalue weighted by atomic mass is 10.0. The largest absolute Gasteiger partial charge is 0.462 e. The Kier molecular flexibility index (Phi) is 66.8. The highest BCUT2D eigenvalue weighted by Gasteiger charge is 2.16. The second kappa shape index (κ2) is 69.8. The van der Waals surface area contributed by atoms with Crippen molar-refractivity contribution in [1.82, 2.24) is 0 Å². The second-order valence-corrected chi connectivity index (χ2v) is 22.8. The zero-order valence-corrected chi connectivity index (χ0v) is 52.8. The number of allylic oxidation sites excluding steroid dienone is 18. The molecule has 1 unspecified atom stereocenters. The Morgan fingerprint density at radius 2 is 0.500 bits per heavy atom. The second-order valence-electron chi connectivity index (χ2n) is 22.8. The monoisotopic (exact) mass is 1110 g/mol. The normalized spacial score (nSPS) is 12.9. The first-order valence-electron chi connectivity index (χ1n) is 34.4. The highest BCUT2D eigenvalue weighted by molar-refractivity contribution is 5.70. The Morgan fingerprint density at radius 1 is 0.287 bits per heavy atom. The SMILES string of the molecule is CC/C=C\C/C=C\C/C=C\C/C=C\C/C=C\CCCCCCCCCCCC(=O)OC(CO)COC(=O)CCCCCCCCCCCCCCCCCCCCCCCCCCCCCC/C=C\C/C=C\C/C=C\C/C=C\CC. The predicted octanol–water partition coefficient (Wildman–Crippen LogP) is 24.0. The summed E-state index contributed by atoms with van der Waals surface area (Å²) in [7, 11) is 0. The summed E-state index contributed by atoms with van der Waals surface area (Å²) in [6, 6.07) is 0. The molecule has 0 spiro atoms. The number of unbranched alkanes of at least 4 members (excludes halogenated alkanes) is 37. The number of hydrogen-bond acceptors (Lipinski definition) is 5. The van der Waals surface area contributed by atoms with Gasteiger partial charge < -0.3 is 14.6 Å². The van der Waals surface area contributed by atoms with Gasteiger partial charge in [-0.3, -0.25) is 9.59 Å². The molecule has 5 heteroatoms. The third-order valence-electron chi connectivity index (χ3n) is 15.1. The first-order chi connectivity index (χ1) is 39.6. The van der Waals surface area contributed by atoms with Crippen molar-refractivity contribution in [2.45, 2.75) is 341 Å². The Balaban J connectivity index is 3.42. The smallest absolute Gasteiger partial charge is 0.306 e. The van der Waals surface area contributed by atoms with Crippen LogP contribution in [0.25, 0.3) is 0 Å². The topological polar surface area (TPSA) is 72.8 Å². The van der Waals surface area contributed by atoms with Gasteiger partial charge in [0, 0.05) is 12.8 Å². The molecule has 1 N–H and O–H groups in total. The van der Waals surface area contributed by atoms with Crippen molar-refractivity contribution < 1.29 is 24.2 Å². The third-order valence-corrected chi connectivity index (χ3v) is 15.1. The fourth-order valence-corrected chi connectivity index (χ4v) is 9.99. The van der Waals surface area contributed by atoms with Crippen LogP contribution in [0.5, 0.6) is 0 Å². The molecule has 0 bridgehead atoms. The van der Waals surface area contributed by atoms with Gasteiger partial charge >= 0.3 is 11.9 Å². The highest BCUT2D eigenvalue weighted by atomic mass is 16.6. The van der Waals surface area contributed by atoms with Crippen molar-refractivity contribution in [3.8, 4) is 0 Å². The zero-order valence-electron chi connectivity index (χ0n) is 52.8. The summed E-state index contributed by atoms with van der Waals surface area (Å²) in [5.41, 5.74) is 0. The van der Waals surface area contributed by atoms with Gasteiger partial charge in [-0.25, -0.2) is 0 Å². The van der Waals surface area contributed by atoms with E-state index in [9.17, 15) is 14.7 Å². The average molecular weight is 1110 g/mol. The fourth-order valence-electron chi connectivity index (χ4n) is 9.99. The zero-order chi connectivity index (χ0) is 57.6. The van der Waals surface area contributed by atoms with Crippen LogP contribution in [0, 0.1) is 0 Å². The van der Waals surface area contributed by atoms with E-state index < -0.39 is 6.10 Å². The Morgan fingerprint density at radius 3 is 0.750 bits per heavy atom. The van der Waals surface area contributed by atoms with E-state index in [1.54, 1.807) is 0 Å². The molecule has 0 radical (unpaired) electrons. The number of esters is 2. The molecule has 1 atom stereocenters. The third kappa shape index (κ3) is 67.1. The van der Waals surface area contributed by atoms with Gasteiger partial charge in [-0.2, -0.15) is 0 Å². The number of carbonyl (C=O) groups is 2. The van der Waals surface area contributed by atoms with Crippen LogP contribution in [0.15, 0.2) is 109 Å². The first-order valence-corrected chi connectivity index (χ1v) is 34.4.